The Morgan fingerprint density at radius 1 is 1.27 bits per heavy atom. The SMILES string of the molecule is CCNC(=NCC(C)(O)c1ccccc1)NCC1(OC)CCOCC1.I. The topological polar surface area (TPSA) is 75.1 Å². The number of ether oxygens (including phenoxy) is 2. The minimum Gasteiger partial charge on any atom is -0.384 e. The fraction of sp³-hybridized carbons (Fsp3) is 0.632. The van der Waals surface area contributed by atoms with E-state index in [-0.39, 0.29) is 36.1 Å². The number of aliphatic imine (C=N–C) groups is 1. The first kappa shape index (κ1) is 23.1. The molecule has 1 aromatic rings. The van der Waals surface area contributed by atoms with E-state index in [0.717, 1.165) is 24.9 Å². The Hall–Kier alpha value is -0.900. The van der Waals surface area contributed by atoms with Gasteiger partial charge in [-0.3, -0.25) is 0 Å². The van der Waals surface area contributed by atoms with Crippen molar-refractivity contribution < 1.29 is 14.6 Å². The Morgan fingerprint density at radius 2 is 1.92 bits per heavy atom. The van der Waals surface area contributed by atoms with E-state index >= 15 is 0 Å². The van der Waals surface area contributed by atoms with Gasteiger partial charge in [-0.1, -0.05) is 30.3 Å². The van der Waals surface area contributed by atoms with Gasteiger partial charge < -0.3 is 25.2 Å². The monoisotopic (exact) mass is 477 g/mol. The second kappa shape index (κ2) is 11.1. The van der Waals surface area contributed by atoms with Gasteiger partial charge >= 0.3 is 0 Å². The Balaban J connectivity index is 0.00000338. The van der Waals surface area contributed by atoms with Crippen molar-refractivity contribution in [3.05, 3.63) is 35.9 Å². The van der Waals surface area contributed by atoms with Crippen molar-refractivity contribution in [2.24, 2.45) is 4.99 Å². The number of hydrogen-bond donors (Lipinski definition) is 3. The van der Waals surface area contributed by atoms with Gasteiger partial charge in [0, 0.05) is 46.3 Å². The van der Waals surface area contributed by atoms with E-state index in [0.29, 0.717) is 25.7 Å². The lowest BCUT2D eigenvalue weighted by Crippen LogP contribution is -2.51. The predicted molar refractivity (Wildman–Crippen MR) is 115 cm³/mol. The molecular formula is C19H32IN3O3. The fourth-order valence-electron chi connectivity index (χ4n) is 2.90. The summed E-state index contributed by atoms with van der Waals surface area (Å²) in [6, 6.07) is 9.61. The smallest absolute Gasteiger partial charge is 0.191 e. The molecule has 2 rings (SSSR count). The van der Waals surface area contributed by atoms with Crippen LogP contribution in [-0.2, 0) is 15.1 Å². The molecule has 26 heavy (non-hydrogen) atoms. The normalized spacial score (nSPS) is 19.2. The molecule has 1 saturated heterocycles. The van der Waals surface area contributed by atoms with Crippen molar-refractivity contribution in [3.8, 4) is 0 Å². The summed E-state index contributed by atoms with van der Waals surface area (Å²) in [7, 11) is 1.75. The number of guanidine groups is 1. The maximum absolute atomic E-state index is 10.7. The Bertz CT molecular complexity index is 546. The summed E-state index contributed by atoms with van der Waals surface area (Å²) in [5.41, 5.74) is -0.384. The first-order chi connectivity index (χ1) is 12.0. The Kier molecular flexibility index (Phi) is 9.84. The zero-order valence-electron chi connectivity index (χ0n) is 16.0. The van der Waals surface area contributed by atoms with Gasteiger partial charge in [-0.15, -0.1) is 24.0 Å². The van der Waals surface area contributed by atoms with Crippen LogP contribution in [0.3, 0.4) is 0 Å². The third-order valence-corrected chi connectivity index (χ3v) is 4.70. The highest BCUT2D eigenvalue weighted by Gasteiger charge is 2.32. The van der Waals surface area contributed by atoms with Crippen molar-refractivity contribution in [3.63, 3.8) is 0 Å². The molecule has 1 aromatic carbocycles. The molecule has 1 aliphatic heterocycles. The Morgan fingerprint density at radius 3 is 2.50 bits per heavy atom. The molecule has 1 heterocycles. The summed E-state index contributed by atoms with van der Waals surface area (Å²) >= 11 is 0. The Labute approximate surface area is 173 Å². The number of rotatable bonds is 7. The van der Waals surface area contributed by atoms with E-state index in [1.54, 1.807) is 14.0 Å². The molecule has 1 aliphatic rings. The maximum Gasteiger partial charge on any atom is 0.191 e. The molecule has 3 N–H and O–H groups in total. The van der Waals surface area contributed by atoms with Crippen LogP contribution in [-0.4, -0.2) is 56.6 Å². The van der Waals surface area contributed by atoms with Crippen LogP contribution >= 0.6 is 24.0 Å². The second-order valence-corrected chi connectivity index (χ2v) is 6.69. The van der Waals surface area contributed by atoms with Crippen LogP contribution < -0.4 is 10.6 Å². The molecule has 1 atom stereocenters. The predicted octanol–water partition coefficient (Wildman–Crippen LogP) is 2.26. The first-order valence-electron chi connectivity index (χ1n) is 8.94. The van der Waals surface area contributed by atoms with Crippen molar-refractivity contribution in [1.29, 1.82) is 0 Å². The quantitative estimate of drug-likeness (QED) is 0.319. The van der Waals surface area contributed by atoms with Gasteiger partial charge in [0.15, 0.2) is 5.96 Å². The van der Waals surface area contributed by atoms with E-state index < -0.39 is 5.60 Å². The van der Waals surface area contributed by atoms with Gasteiger partial charge in [-0.05, 0) is 19.4 Å². The van der Waals surface area contributed by atoms with Crippen LogP contribution in [0.4, 0.5) is 0 Å². The molecule has 0 aromatic heterocycles. The van der Waals surface area contributed by atoms with Crippen LogP contribution in [0.25, 0.3) is 0 Å². The second-order valence-electron chi connectivity index (χ2n) is 6.69. The van der Waals surface area contributed by atoms with Gasteiger partial charge in [0.2, 0.25) is 0 Å². The van der Waals surface area contributed by atoms with Gasteiger partial charge in [-0.25, -0.2) is 4.99 Å². The number of nitrogens with one attached hydrogen (secondary N) is 2. The average molecular weight is 477 g/mol. The summed E-state index contributed by atoms with van der Waals surface area (Å²) in [4.78, 5) is 4.57. The number of benzene rings is 1. The zero-order chi connectivity index (χ0) is 18.2. The minimum absolute atomic E-state index is 0. The summed E-state index contributed by atoms with van der Waals surface area (Å²) in [5.74, 6) is 0.682. The van der Waals surface area contributed by atoms with E-state index in [1.165, 1.54) is 0 Å². The number of nitrogens with zero attached hydrogens (tertiary/aromatic N) is 1. The molecule has 148 valence electrons. The number of halogens is 1. The molecule has 0 saturated carbocycles. The van der Waals surface area contributed by atoms with Crippen LogP contribution in [0.2, 0.25) is 0 Å². The van der Waals surface area contributed by atoms with Crippen molar-refractivity contribution in [2.75, 3.05) is 40.0 Å². The van der Waals surface area contributed by atoms with E-state index in [2.05, 4.69) is 15.6 Å². The molecule has 1 fully saturated rings. The van der Waals surface area contributed by atoms with Gasteiger partial charge in [0.25, 0.3) is 0 Å². The zero-order valence-corrected chi connectivity index (χ0v) is 18.3. The molecular weight excluding hydrogens is 445 g/mol. The molecule has 7 heteroatoms. The van der Waals surface area contributed by atoms with Gasteiger partial charge in [0.1, 0.15) is 5.60 Å². The van der Waals surface area contributed by atoms with Gasteiger partial charge in [0.05, 0.1) is 12.1 Å². The summed E-state index contributed by atoms with van der Waals surface area (Å²) in [5, 5.41) is 17.3. The third kappa shape index (κ3) is 6.68. The molecule has 0 amide bonds. The summed E-state index contributed by atoms with van der Waals surface area (Å²) < 4.78 is 11.2. The molecule has 0 aliphatic carbocycles. The standard InChI is InChI=1S/C19H31N3O3.HI/c1-4-20-17(22-15-19(24-3)10-12-25-13-11-19)21-14-18(2,23)16-8-6-5-7-9-16;/h5-9,23H,4,10-15H2,1-3H3,(H2,20,21,22);1H. The van der Waals surface area contributed by atoms with Crippen LogP contribution in [0.15, 0.2) is 35.3 Å². The maximum atomic E-state index is 10.7. The summed E-state index contributed by atoms with van der Waals surface area (Å²) in [6.07, 6.45) is 1.72. The molecule has 0 radical (unpaired) electrons. The number of aliphatic hydroxyl groups is 1. The largest absolute Gasteiger partial charge is 0.384 e. The molecule has 1 unspecified atom stereocenters. The molecule has 0 spiro atoms. The van der Waals surface area contributed by atoms with Gasteiger partial charge in [-0.2, -0.15) is 0 Å². The van der Waals surface area contributed by atoms with E-state index in [1.807, 2.05) is 37.3 Å². The molecule has 6 nitrogen and oxygen atoms in total. The molecule has 0 bridgehead atoms. The third-order valence-electron chi connectivity index (χ3n) is 4.70. The van der Waals surface area contributed by atoms with Crippen molar-refractivity contribution in [2.45, 2.75) is 37.9 Å². The lowest BCUT2D eigenvalue weighted by atomic mass is 9.94. The van der Waals surface area contributed by atoms with Crippen LogP contribution in [0.1, 0.15) is 32.3 Å². The average Bonchev–Trinajstić information content (AvgIpc) is 2.65. The first-order valence-corrected chi connectivity index (χ1v) is 8.94. The summed E-state index contributed by atoms with van der Waals surface area (Å²) in [6.45, 7) is 6.92. The van der Waals surface area contributed by atoms with E-state index in [9.17, 15) is 5.11 Å². The highest BCUT2D eigenvalue weighted by Crippen LogP contribution is 2.23. The van der Waals surface area contributed by atoms with Crippen LogP contribution in [0.5, 0.6) is 0 Å². The minimum atomic E-state index is -1.01. The van der Waals surface area contributed by atoms with Crippen molar-refractivity contribution >= 4 is 29.9 Å². The van der Waals surface area contributed by atoms with Crippen LogP contribution in [0, 0.1) is 0 Å². The fourth-order valence-corrected chi connectivity index (χ4v) is 2.90. The van der Waals surface area contributed by atoms with Crippen molar-refractivity contribution in [1.82, 2.24) is 10.6 Å². The number of hydrogen-bond acceptors (Lipinski definition) is 4. The highest BCUT2D eigenvalue weighted by atomic mass is 127. The van der Waals surface area contributed by atoms with E-state index in [4.69, 9.17) is 9.47 Å². The highest BCUT2D eigenvalue weighted by molar-refractivity contribution is 14.0. The number of methoxy groups -OCH3 is 1. The lowest BCUT2D eigenvalue weighted by Gasteiger charge is -2.36. The lowest BCUT2D eigenvalue weighted by molar-refractivity contribution is -0.0855.